The maximum Gasteiger partial charge on any atom is 0.261 e. The van der Waals surface area contributed by atoms with Gasteiger partial charge < -0.3 is 0 Å². The number of benzene rings is 2. The minimum atomic E-state index is -3.92. The van der Waals surface area contributed by atoms with Gasteiger partial charge in [-0.25, -0.2) is 21.8 Å². The van der Waals surface area contributed by atoms with Gasteiger partial charge in [0.05, 0.1) is 25.7 Å². The number of fused-ring (bicyclic) bond motifs is 1. The minimum absolute atomic E-state index is 0.0341. The van der Waals surface area contributed by atoms with Crippen molar-refractivity contribution < 1.29 is 16.8 Å². The van der Waals surface area contributed by atoms with Gasteiger partial charge in [0, 0.05) is 24.2 Å². The van der Waals surface area contributed by atoms with Crippen molar-refractivity contribution in [3.05, 3.63) is 67.0 Å². The van der Waals surface area contributed by atoms with Crippen LogP contribution in [0.2, 0.25) is 0 Å². The van der Waals surface area contributed by atoms with Crippen LogP contribution in [0.4, 0.5) is 5.69 Å². The van der Waals surface area contributed by atoms with E-state index >= 15 is 0 Å². The van der Waals surface area contributed by atoms with Gasteiger partial charge in [0.2, 0.25) is 0 Å². The van der Waals surface area contributed by atoms with Crippen LogP contribution in [0, 0.1) is 0 Å². The molecule has 0 aliphatic rings. The van der Waals surface area contributed by atoms with Gasteiger partial charge in [-0.1, -0.05) is 12.1 Å². The molecule has 10 heteroatoms. The zero-order chi connectivity index (χ0) is 20.6. The first kappa shape index (κ1) is 19.5. The number of pyridine rings is 1. The van der Waals surface area contributed by atoms with Crippen LogP contribution in [0.1, 0.15) is 0 Å². The molecule has 0 atom stereocenters. The van der Waals surface area contributed by atoms with Crippen molar-refractivity contribution in [1.29, 1.82) is 0 Å². The summed E-state index contributed by atoms with van der Waals surface area (Å²) in [7, 11) is -7.32. The first-order valence-corrected chi connectivity index (χ1v) is 12.6. The fourth-order valence-corrected chi connectivity index (χ4v) is 5.41. The molecule has 4 rings (SSSR count). The van der Waals surface area contributed by atoms with Crippen molar-refractivity contribution in [3.8, 4) is 10.6 Å². The highest BCUT2D eigenvalue weighted by atomic mass is 32.2. The molecule has 4 aromatic rings. The number of anilines is 1. The topological polar surface area (TPSA) is 106 Å². The fourth-order valence-electron chi connectivity index (χ4n) is 2.72. The van der Waals surface area contributed by atoms with Gasteiger partial charge in [-0.3, -0.25) is 9.71 Å². The first-order valence-electron chi connectivity index (χ1n) is 8.37. The van der Waals surface area contributed by atoms with E-state index in [4.69, 9.17) is 0 Å². The highest BCUT2D eigenvalue weighted by Crippen LogP contribution is 2.35. The number of aromatic nitrogens is 2. The summed E-state index contributed by atoms with van der Waals surface area (Å²) in [5, 5.41) is 0.665. The van der Waals surface area contributed by atoms with Crippen molar-refractivity contribution >= 4 is 47.1 Å². The highest BCUT2D eigenvalue weighted by molar-refractivity contribution is 7.92. The molecule has 0 saturated carbocycles. The van der Waals surface area contributed by atoms with Crippen LogP contribution < -0.4 is 4.72 Å². The van der Waals surface area contributed by atoms with Crippen LogP contribution in [0.3, 0.4) is 0 Å². The quantitative estimate of drug-likeness (QED) is 0.503. The summed E-state index contributed by atoms with van der Waals surface area (Å²) in [6.07, 6.45) is 4.44. The molecule has 2 aromatic heterocycles. The Labute approximate surface area is 172 Å². The molecular formula is C19H15N3O4S3. The van der Waals surface area contributed by atoms with Crippen molar-refractivity contribution in [2.45, 2.75) is 9.79 Å². The largest absolute Gasteiger partial charge is 0.279 e. The molecule has 0 fully saturated rings. The molecule has 0 saturated heterocycles. The third-order valence-electron chi connectivity index (χ3n) is 4.16. The molecule has 2 aromatic carbocycles. The highest BCUT2D eigenvalue weighted by Gasteiger charge is 2.19. The summed E-state index contributed by atoms with van der Waals surface area (Å²) in [5.74, 6) is 0. The van der Waals surface area contributed by atoms with Gasteiger partial charge in [-0.05, 0) is 42.5 Å². The van der Waals surface area contributed by atoms with Crippen LogP contribution in [-0.2, 0) is 19.9 Å². The van der Waals surface area contributed by atoms with Crippen LogP contribution in [-0.4, -0.2) is 33.1 Å². The lowest BCUT2D eigenvalue weighted by molar-refractivity contribution is 0.597. The monoisotopic (exact) mass is 445 g/mol. The van der Waals surface area contributed by atoms with E-state index in [1.807, 2.05) is 0 Å². The van der Waals surface area contributed by atoms with Crippen molar-refractivity contribution in [3.63, 3.8) is 0 Å². The zero-order valence-corrected chi connectivity index (χ0v) is 17.6. The van der Waals surface area contributed by atoms with E-state index in [2.05, 4.69) is 14.7 Å². The molecule has 2 heterocycles. The maximum absolute atomic E-state index is 12.8. The molecule has 1 N–H and O–H groups in total. The number of hydrogen-bond acceptors (Lipinski definition) is 7. The van der Waals surface area contributed by atoms with Gasteiger partial charge in [-0.2, -0.15) is 0 Å². The van der Waals surface area contributed by atoms with E-state index in [0.717, 1.165) is 16.5 Å². The predicted molar refractivity (Wildman–Crippen MR) is 113 cm³/mol. The van der Waals surface area contributed by atoms with Gasteiger partial charge >= 0.3 is 0 Å². The number of sulfone groups is 1. The Kier molecular flexibility index (Phi) is 4.85. The third kappa shape index (κ3) is 4.00. The first-order chi connectivity index (χ1) is 13.7. The summed E-state index contributed by atoms with van der Waals surface area (Å²) >= 11 is 1.42. The molecule has 0 unspecified atom stereocenters. The second kappa shape index (κ2) is 7.21. The Hall–Kier alpha value is -2.82. The van der Waals surface area contributed by atoms with Crippen molar-refractivity contribution in [2.75, 3.05) is 11.0 Å². The molecule has 29 heavy (non-hydrogen) atoms. The average Bonchev–Trinajstić information content (AvgIpc) is 3.11. The summed E-state index contributed by atoms with van der Waals surface area (Å²) in [6.45, 7) is 0. The molecule has 0 aliphatic heterocycles. The van der Waals surface area contributed by atoms with E-state index in [0.29, 0.717) is 16.3 Å². The van der Waals surface area contributed by atoms with Crippen molar-refractivity contribution in [1.82, 2.24) is 9.97 Å². The fraction of sp³-hybridized carbons (Fsp3) is 0.0526. The van der Waals surface area contributed by atoms with Gasteiger partial charge in [-0.15, -0.1) is 11.3 Å². The van der Waals surface area contributed by atoms with Crippen LogP contribution >= 0.6 is 11.3 Å². The van der Waals surface area contributed by atoms with Crippen LogP contribution in [0.15, 0.2) is 76.8 Å². The van der Waals surface area contributed by atoms with Gasteiger partial charge in [0.15, 0.2) is 9.84 Å². The van der Waals surface area contributed by atoms with E-state index in [1.165, 1.54) is 35.6 Å². The number of sulfonamides is 1. The van der Waals surface area contributed by atoms with E-state index < -0.39 is 19.9 Å². The standard InChI is InChI=1S/C19H15N3O4S3/c1-28(23,24)13-6-8-14(9-7-13)29(25,26)22-16-5-3-2-4-15(16)19-21-17-10-11-20-12-18(17)27-19/h2-12,22H,1H3. The predicted octanol–water partition coefficient (Wildman–Crippen LogP) is 3.56. The molecular weight excluding hydrogens is 430 g/mol. The van der Waals surface area contributed by atoms with Crippen LogP contribution in [0.25, 0.3) is 20.8 Å². The molecule has 0 bridgehead atoms. The Morgan fingerprint density at radius 1 is 0.897 bits per heavy atom. The molecule has 0 spiro atoms. The third-order valence-corrected chi connectivity index (χ3v) is 7.70. The molecule has 0 amide bonds. The number of nitrogens with one attached hydrogen (secondary N) is 1. The lowest BCUT2D eigenvalue weighted by Gasteiger charge is -2.11. The van der Waals surface area contributed by atoms with Crippen molar-refractivity contribution in [2.24, 2.45) is 0 Å². The van der Waals surface area contributed by atoms with E-state index in [-0.39, 0.29) is 9.79 Å². The summed E-state index contributed by atoms with van der Waals surface area (Å²) < 4.78 is 52.3. The summed E-state index contributed by atoms with van der Waals surface area (Å²) in [4.78, 5) is 8.67. The molecule has 0 aliphatic carbocycles. The summed E-state index contributed by atoms with van der Waals surface area (Å²) in [5.41, 5.74) is 1.81. The Bertz CT molecular complexity index is 1380. The van der Waals surface area contributed by atoms with Gasteiger partial charge in [0.1, 0.15) is 5.01 Å². The maximum atomic E-state index is 12.8. The Morgan fingerprint density at radius 3 is 2.28 bits per heavy atom. The lowest BCUT2D eigenvalue weighted by atomic mass is 10.2. The minimum Gasteiger partial charge on any atom is -0.279 e. The SMILES string of the molecule is CS(=O)(=O)c1ccc(S(=O)(=O)Nc2ccccc2-c2nc3ccncc3s2)cc1. The molecule has 7 nitrogen and oxygen atoms in total. The number of rotatable bonds is 5. The second-order valence-corrected chi connectivity index (χ2v) is 11.0. The number of para-hydroxylation sites is 1. The zero-order valence-electron chi connectivity index (χ0n) is 15.1. The van der Waals surface area contributed by atoms with Crippen LogP contribution in [0.5, 0.6) is 0 Å². The smallest absolute Gasteiger partial charge is 0.261 e. The second-order valence-electron chi connectivity index (χ2n) is 6.26. The van der Waals surface area contributed by atoms with E-state index in [1.54, 1.807) is 42.7 Å². The van der Waals surface area contributed by atoms with Gasteiger partial charge in [0.25, 0.3) is 10.0 Å². The average molecular weight is 446 g/mol. The van der Waals surface area contributed by atoms with E-state index in [9.17, 15) is 16.8 Å². The molecule has 0 radical (unpaired) electrons. The number of thiazole rings is 1. The normalized spacial score (nSPS) is 12.2. The Morgan fingerprint density at radius 2 is 1.59 bits per heavy atom. The number of nitrogens with zero attached hydrogens (tertiary/aromatic N) is 2. The molecule has 148 valence electrons. The summed E-state index contributed by atoms with van der Waals surface area (Å²) in [6, 6.07) is 13.9. The number of hydrogen-bond donors (Lipinski definition) is 1. The Balaban J connectivity index is 1.71. The lowest BCUT2D eigenvalue weighted by Crippen LogP contribution is -2.13.